The first-order chi connectivity index (χ1) is 11.0. The molecule has 1 amide bonds. The number of nitrogens with zero attached hydrogens (tertiary/aromatic N) is 1. The highest BCUT2D eigenvalue weighted by molar-refractivity contribution is 5.98. The number of hydrogen-bond acceptors (Lipinski definition) is 5. The first-order valence-corrected chi connectivity index (χ1v) is 7.27. The van der Waals surface area contributed by atoms with E-state index >= 15 is 0 Å². The van der Waals surface area contributed by atoms with Crippen molar-refractivity contribution in [1.29, 1.82) is 0 Å². The molecule has 1 heterocycles. The van der Waals surface area contributed by atoms with E-state index in [0.717, 1.165) is 0 Å². The summed E-state index contributed by atoms with van der Waals surface area (Å²) in [5.74, 6) is -0.272. The number of rotatable bonds is 6. The third-order valence-electron chi connectivity index (χ3n) is 4.02. The number of carbonyl (C=O) groups excluding carboxylic acids is 1. The van der Waals surface area contributed by atoms with Gasteiger partial charge in [0.05, 0.1) is 32.3 Å². The summed E-state index contributed by atoms with van der Waals surface area (Å²) in [7, 11) is 4.55. The van der Waals surface area contributed by atoms with E-state index in [1.165, 1.54) is 14.2 Å². The fourth-order valence-corrected chi connectivity index (χ4v) is 2.82. The van der Waals surface area contributed by atoms with Crippen molar-refractivity contribution in [3.05, 3.63) is 23.8 Å². The molecule has 0 radical (unpaired) electrons. The summed E-state index contributed by atoms with van der Waals surface area (Å²) in [5.41, 5.74) is 0.346. The summed E-state index contributed by atoms with van der Waals surface area (Å²) in [6.45, 7) is 0.355. The van der Waals surface area contributed by atoms with Crippen LogP contribution in [0.3, 0.4) is 0 Å². The minimum atomic E-state index is -0.942. The highest BCUT2D eigenvalue weighted by atomic mass is 16.5. The van der Waals surface area contributed by atoms with Crippen molar-refractivity contribution in [3.63, 3.8) is 0 Å². The molecule has 2 rings (SSSR count). The van der Waals surface area contributed by atoms with Gasteiger partial charge < -0.3 is 24.2 Å². The highest BCUT2D eigenvalue weighted by Crippen LogP contribution is 2.30. The molecule has 126 valence electrons. The summed E-state index contributed by atoms with van der Waals surface area (Å²) in [6.07, 6.45) is 0.221. The molecule has 0 aliphatic carbocycles. The molecule has 2 unspecified atom stereocenters. The molecule has 0 bridgehead atoms. The van der Waals surface area contributed by atoms with Crippen molar-refractivity contribution in [2.24, 2.45) is 0 Å². The maximum atomic E-state index is 12.9. The highest BCUT2D eigenvalue weighted by Gasteiger charge is 2.37. The standard InChI is InChI=1S/C16H21NO6/c1-21-11-4-5-14(23-3)13(8-11)16(20)17-9-12(22-2)6-10(17)7-15(18)19/h4-5,8,10,12H,6-7,9H2,1-3H3,(H,18,19). The van der Waals surface area contributed by atoms with Gasteiger partial charge in [-0.25, -0.2) is 0 Å². The van der Waals surface area contributed by atoms with Gasteiger partial charge in [0.25, 0.3) is 5.91 Å². The lowest BCUT2D eigenvalue weighted by atomic mass is 10.1. The van der Waals surface area contributed by atoms with Gasteiger partial charge >= 0.3 is 5.97 Å². The molecule has 0 spiro atoms. The summed E-state index contributed by atoms with van der Waals surface area (Å²) in [5, 5.41) is 9.06. The Morgan fingerprint density at radius 3 is 2.57 bits per heavy atom. The van der Waals surface area contributed by atoms with Crippen LogP contribution in [0.25, 0.3) is 0 Å². The molecular formula is C16H21NO6. The van der Waals surface area contributed by atoms with Crippen LogP contribution in [0.1, 0.15) is 23.2 Å². The Balaban J connectivity index is 2.31. The summed E-state index contributed by atoms with van der Waals surface area (Å²) >= 11 is 0. The molecule has 23 heavy (non-hydrogen) atoms. The van der Waals surface area contributed by atoms with Crippen LogP contribution in [0.4, 0.5) is 0 Å². The Hall–Kier alpha value is -2.28. The quantitative estimate of drug-likeness (QED) is 0.852. The second-order valence-electron chi connectivity index (χ2n) is 5.37. The van der Waals surface area contributed by atoms with Crippen LogP contribution >= 0.6 is 0 Å². The predicted molar refractivity (Wildman–Crippen MR) is 82.0 cm³/mol. The molecule has 1 aliphatic rings. The SMILES string of the molecule is COc1ccc(OC)c(C(=O)N2CC(OC)CC2CC(=O)O)c1. The fraction of sp³-hybridized carbons (Fsp3) is 0.500. The lowest BCUT2D eigenvalue weighted by Crippen LogP contribution is -2.37. The zero-order valence-electron chi connectivity index (χ0n) is 13.4. The van der Waals surface area contributed by atoms with E-state index in [1.807, 2.05) is 0 Å². The average molecular weight is 323 g/mol. The number of methoxy groups -OCH3 is 3. The summed E-state index contributed by atoms with van der Waals surface area (Å²) in [6, 6.07) is 4.55. The normalized spacial score (nSPS) is 20.4. The first-order valence-electron chi connectivity index (χ1n) is 7.27. The number of carboxylic acids is 1. The van der Waals surface area contributed by atoms with Crippen molar-refractivity contribution >= 4 is 11.9 Å². The number of benzene rings is 1. The van der Waals surface area contributed by atoms with Gasteiger partial charge in [-0.15, -0.1) is 0 Å². The molecule has 0 aromatic heterocycles. The monoisotopic (exact) mass is 323 g/mol. The number of likely N-dealkylation sites (tertiary alicyclic amines) is 1. The van der Waals surface area contributed by atoms with Crippen molar-refractivity contribution in [2.75, 3.05) is 27.9 Å². The van der Waals surface area contributed by atoms with Crippen LogP contribution in [-0.2, 0) is 9.53 Å². The van der Waals surface area contributed by atoms with E-state index in [4.69, 9.17) is 19.3 Å². The molecule has 1 aliphatic heterocycles. The van der Waals surface area contributed by atoms with Gasteiger partial charge in [-0.1, -0.05) is 0 Å². The van der Waals surface area contributed by atoms with E-state index in [0.29, 0.717) is 30.0 Å². The first kappa shape index (κ1) is 17.1. The number of aliphatic carboxylic acids is 1. The number of ether oxygens (including phenoxy) is 3. The van der Waals surface area contributed by atoms with Gasteiger partial charge in [-0.3, -0.25) is 9.59 Å². The number of hydrogen-bond donors (Lipinski definition) is 1. The zero-order valence-corrected chi connectivity index (χ0v) is 13.4. The second-order valence-corrected chi connectivity index (χ2v) is 5.37. The maximum absolute atomic E-state index is 12.9. The van der Waals surface area contributed by atoms with Gasteiger partial charge in [0.15, 0.2) is 0 Å². The van der Waals surface area contributed by atoms with Crippen molar-refractivity contribution in [2.45, 2.75) is 25.0 Å². The van der Waals surface area contributed by atoms with Crippen molar-refractivity contribution < 1.29 is 28.9 Å². The molecule has 1 fully saturated rings. The molecule has 7 nitrogen and oxygen atoms in total. The topological polar surface area (TPSA) is 85.3 Å². The second kappa shape index (κ2) is 7.32. The van der Waals surface area contributed by atoms with E-state index in [9.17, 15) is 9.59 Å². The molecule has 1 saturated heterocycles. The van der Waals surface area contributed by atoms with Crippen LogP contribution in [0.15, 0.2) is 18.2 Å². The third kappa shape index (κ3) is 3.73. The predicted octanol–water partition coefficient (Wildman–Crippen LogP) is 1.41. The van der Waals surface area contributed by atoms with Crippen molar-refractivity contribution in [1.82, 2.24) is 4.90 Å². The van der Waals surface area contributed by atoms with Gasteiger partial charge in [0.1, 0.15) is 11.5 Å². The lowest BCUT2D eigenvalue weighted by molar-refractivity contribution is -0.137. The third-order valence-corrected chi connectivity index (χ3v) is 4.02. The molecule has 1 aromatic rings. The van der Waals surface area contributed by atoms with Crippen LogP contribution in [0.5, 0.6) is 11.5 Å². The molecule has 1 N–H and O–H groups in total. The number of carbonyl (C=O) groups is 2. The van der Waals surface area contributed by atoms with E-state index in [1.54, 1.807) is 30.2 Å². The van der Waals surface area contributed by atoms with E-state index in [-0.39, 0.29) is 18.4 Å². The van der Waals surface area contributed by atoms with Crippen molar-refractivity contribution in [3.8, 4) is 11.5 Å². The largest absolute Gasteiger partial charge is 0.497 e. The molecule has 1 aromatic carbocycles. The lowest BCUT2D eigenvalue weighted by Gasteiger charge is -2.24. The summed E-state index contributed by atoms with van der Waals surface area (Å²) in [4.78, 5) is 25.5. The zero-order chi connectivity index (χ0) is 17.0. The number of amides is 1. The Morgan fingerprint density at radius 2 is 2.00 bits per heavy atom. The molecular weight excluding hydrogens is 302 g/mol. The van der Waals surface area contributed by atoms with E-state index < -0.39 is 12.0 Å². The van der Waals surface area contributed by atoms with Crippen LogP contribution in [0.2, 0.25) is 0 Å². The number of carboxylic acid groups (broad SMARTS) is 1. The van der Waals surface area contributed by atoms with Gasteiger partial charge in [0.2, 0.25) is 0 Å². The smallest absolute Gasteiger partial charge is 0.305 e. The minimum Gasteiger partial charge on any atom is -0.497 e. The average Bonchev–Trinajstić information content (AvgIpc) is 2.95. The van der Waals surface area contributed by atoms with Gasteiger partial charge in [0, 0.05) is 19.7 Å². The van der Waals surface area contributed by atoms with Gasteiger partial charge in [-0.2, -0.15) is 0 Å². The Bertz CT molecular complexity index is 588. The Labute approximate surface area is 134 Å². The fourth-order valence-electron chi connectivity index (χ4n) is 2.82. The summed E-state index contributed by atoms with van der Waals surface area (Å²) < 4.78 is 15.7. The maximum Gasteiger partial charge on any atom is 0.305 e. The van der Waals surface area contributed by atoms with Crippen LogP contribution in [0, 0.1) is 0 Å². The Morgan fingerprint density at radius 1 is 1.26 bits per heavy atom. The molecule has 2 atom stereocenters. The Kier molecular flexibility index (Phi) is 5.44. The van der Waals surface area contributed by atoms with Crippen LogP contribution < -0.4 is 9.47 Å². The molecule has 0 saturated carbocycles. The molecule has 7 heteroatoms. The van der Waals surface area contributed by atoms with Crippen LogP contribution in [-0.4, -0.2) is 61.9 Å². The van der Waals surface area contributed by atoms with Gasteiger partial charge in [-0.05, 0) is 24.6 Å². The van der Waals surface area contributed by atoms with E-state index in [2.05, 4.69) is 0 Å². The minimum absolute atomic E-state index is 0.113.